The van der Waals surface area contributed by atoms with E-state index in [2.05, 4.69) is 48.3 Å². The topological polar surface area (TPSA) is 32.3 Å². The predicted molar refractivity (Wildman–Crippen MR) is 89.6 cm³/mol. The molecular formula is C18H30N2O. The molecule has 0 saturated heterocycles. The van der Waals surface area contributed by atoms with Crippen LogP contribution in [0.5, 0.6) is 0 Å². The Kier molecular flexibility index (Phi) is 7.44. The van der Waals surface area contributed by atoms with Gasteiger partial charge >= 0.3 is 0 Å². The highest BCUT2D eigenvalue weighted by molar-refractivity contribution is 5.83. The highest BCUT2D eigenvalue weighted by Gasteiger charge is 2.14. The van der Waals surface area contributed by atoms with E-state index >= 15 is 0 Å². The molecule has 21 heavy (non-hydrogen) atoms. The largest absolute Gasteiger partial charge is 0.356 e. The fourth-order valence-corrected chi connectivity index (χ4v) is 2.33. The van der Waals surface area contributed by atoms with Crippen LogP contribution in [0.15, 0.2) is 24.3 Å². The fourth-order valence-electron chi connectivity index (χ4n) is 2.33. The second-order valence-electron chi connectivity index (χ2n) is 6.51. The highest BCUT2D eigenvalue weighted by atomic mass is 16.1. The van der Waals surface area contributed by atoms with Crippen LogP contribution in [0.4, 0.5) is 0 Å². The minimum absolute atomic E-state index is 0.0857. The Bertz CT molecular complexity index is 423. The molecule has 3 heteroatoms. The lowest BCUT2D eigenvalue weighted by atomic mass is 9.96. The van der Waals surface area contributed by atoms with Gasteiger partial charge in [-0.25, -0.2) is 0 Å². The maximum absolute atomic E-state index is 12.1. The van der Waals surface area contributed by atoms with Crippen LogP contribution in [0.1, 0.15) is 44.2 Å². The molecule has 3 nitrogen and oxygen atoms in total. The molecule has 1 aromatic rings. The van der Waals surface area contributed by atoms with E-state index in [4.69, 9.17) is 0 Å². The quantitative estimate of drug-likeness (QED) is 0.746. The molecule has 0 aliphatic carbocycles. The summed E-state index contributed by atoms with van der Waals surface area (Å²) in [5.74, 6) is 0.691. The third-order valence-corrected chi connectivity index (χ3v) is 3.60. The van der Waals surface area contributed by atoms with Gasteiger partial charge in [0, 0.05) is 6.54 Å². The van der Waals surface area contributed by atoms with Gasteiger partial charge in [0.2, 0.25) is 5.91 Å². The van der Waals surface area contributed by atoms with Crippen molar-refractivity contribution < 1.29 is 4.79 Å². The van der Waals surface area contributed by atoms with E-state index in [-0.39, 0.29) is 11.8 Å². The van der Waals surface area contributed by atoms with E-state index in [9.17, 15) is 4.79 Å². The number of hydrogen-bond donors (Lipinski definition) is 1. The number of rotatable bonds is 8. The van der Waals surface area contributed by atoms with Crippen molar-refractivity contribution in [1.29, 1.82) is 0 Å². The van der Waals surface area contributed by atoms with E-state index in [0.717, 1.165) is 31.5 Å². The first kappa shape index (κ1) is 17.7. The van der Waals surface area contributed by atoms with Gasteiger partial charge < -0.3 is 10.2 Å². The summed E-state index contributed by atoms with van der Waals surface area (Å²) in [6, 6.07) is 8.46. The van der Waals surface area contributed by atoms with Crippen molar-refractivity contribution in [3.8, 4) is 0 Å². The first-order valence-corrected chi connectivity index (χ1v) is 7.91. The van der Waals surface area contributed by atoms with Crippen LogP contribution >= 0.6 is 0 Å². The smallest absolute Gasteiger partial charge is 0.227 e. The molecule has 118 valence electrons. The summed E-state index contributed by atoms with van der Waals surface area (Å²) in [7, 11) is 4.09. The molecule has 0 aliphatic rings. The van der Waals surface area contributed by atoms with Crippen molar-refractivity contribution in [1.82, 2.24) is 10.2 Å². The maximum Gasteiger partial charge on any atom is 0.227 e. The molecule has 1 unspecified atom stereocenters. The third kappa shape index (κ3) is 6.76. The molecule has 0 aromatic heterocycles. The normalized spacial score (nSPS) is 12.7. The second kappa shape index (κ2) is 8.83. The van der Waals surface area contributed by atoms with Gasteiger partial charge in [-0.3, -0.25) is 4.79 Å². The predicted octanol–water partition coefficient (Wildman–Crippen LogP) is 3.06. The third-order valence-electron chi connectivity index (χ3n) is 3.60. The van der Waals surface area contributed by atoms with Crippen molar-refractivity contribution >= 4 is 5.91 Å². The molecule has 1 atom stereocenters. The Labute approximate surface area is 129 Å². The monoisotopic (exact) mass is 290 g/mol. The Morgan fingerprint density at radius 2 is 1.76 bits per heavy atom. The average molecular weight is 290 g/mol. The zero-order valence-corrected chi connectivity index (χ0v) is 14.1. The molecule has 0 aliphatic heterocycles. The standard InChI is InChI=1S/C18H30N2O/c1-14(2)13-16-7-9-17(10-8-16)15(3)18(21)19-11-6-12-20(4)5/h7-10,14-15H,6,11-13H2,1-5H3,(H,19,21). The number of amides is 1. The summed E-state index contributed by atoms with van der Waals surface area (Å²) in [6.07, 6.45) is 2.07. The lowest BCUT2D eigenvalue weighted by Gasteiger charge is -2.14. The van der Waals surface area contributed by atoms with Gasteiger partial charge in [-0.1, -0.05) is 38.1 Å². The van der Waals surface area contributed by atoms with Crippen molar-refractivity contribution in [3.05, 3.63) is 35.4 Å². The first-order chi connectivity index (χ1) is 9.90. The zero-order valence-electron chi connectivity index (χ0n) is 14.1. The van der Waals surface area contributed by atoms with E-state index in [1.165, 1.54) is 5.56 Å². The van der Waals surface area contributed by atoms with Crippen LogP contribution in [-0.2, 0) is 11.2 Å². The number of benzene rings is 1. The van der Waals surface area contributed by atoms with Gasteiger partial charge in [0.15, 0.2) is 0 Å². The van der Waals surface area contributed by atoms with Gasteiger partial charge in [0.05, 0.1) is 5.92 Å². The second-order valence-corrected chi connectivity index (χ2v) is 6.51. The lowest BCUT2D eigenvalue weighted by molar-refractivity contribution is -0.122. The molecule has 0 radical (unpaired) electrons. The van der Waals surface area contributed by atoms with Crippen molar-refractivity contribution in [3.63, 3.8) is 0 Å². The summed E-state index contributed by atoms with van der Waals surface area (Å²) in [5.41, 5.74) is 2.43. The molecule has 1 amide bonds. The number of carbonyl (C=O) groups is 1. The number of nitrogens with zero attached hydrogens (tertiary/aromatic N) is 1. The molecule has 0 bridgehead atoms. The molecule has 0 fully saturated rings. The number of carbonyl (C=O) groups excluding carboxylic acids is 1. The van der Waals surface area contributed by atoms with E-state index in [0.29, 0.717) is 5.92 Å². The summed E-state index contributed by atoms with van der Waals surface area (Å²) < 4.78 is 0. The Hall–Kier alpha value is -1.35. The van der Waals surface area contributed by atoms with Crippen LogP contribution in [-0.4, -0.2) is 38.0 Å². The van der Waals surface area contributed by atoms with Crippen molar-refractivity contribution in [2.24, 2.45) is 5.92 Å². The summed E-state index contributed by atoms with van der Waals surface area (Å²) in [4.78, 5) is 14.3. The highest BCUT2D eigenvalue weighted by Crippen LogP contribution is 2.17. The maximum atomic E-state index is 12.1. The molecule has 1 rings (SSSR count). The Morgan fingerprint density at radius 1 is 1.14 bits per heavy atom. The summed E-state index contributed by atoms with van der Waals surface area (Å²) >= 11 is 0. The van der Waals surface area contributed by atoms with Gasteiger partial charge in [-0.15, -0.1) is 0 Å². The Balaban J connectivity index is 2.46. The van der Waals surface area contributed by atoms with Gasteiger partial charge in [0.25, 0.3) is 0 Å². The molecule has 1 aromatic carbocycles. The van der Waals surface area contributed by atoms with Crippen molar-refractivity contribution in [2.75, 3.05) is 27.2 Å². The number of hydrogen-bond acceptors (Lipinski definition) is 2. The molecule has 0 heterocycles. The average Bonchev–Trinajstić information content (AvgIpc) is 2.42. The molecule has 0 saturated carbocycles. The van der Waals surface area contributed by atoms with Crippen LogP contribution in [0.2, 0.25) is 0 Å². The first-order valence-electron chi connectivity index (χ1n) is 7.91. The van der Waals surface area contributed by atoms with Crippen LogP contribution < -0.4 is 5.32 Å². The number of nitrogens with one attached hydrogen (secondary N) is 1. The fraction of sp³-hybridized carbons (Fsp3) is 0.611. The van der Waals surface area contributed by atoms with E-state index < -0.39 is 0 Å². The summed E-state index contributed by atoms with van der Waals surface area (Å²) in [5, 5.41) is 3.02. The van der Waals surface area contributed by atoms with Gasteiger partial charge in [-0.2, -0.15) is 0 Å². The van der Waals surface area contributed by atoms with Crippen LogP contribution in [0, 0.1) is 5.92 Å². The van der Waals surface area contributed by atoms with Crippen molar-refractivity contribution in [2.45, 2.75) is 39.5 Å². The van der Waals surface area contributed by atoms with E-state index in [1.807, 2.05) is 21.0 Å². The Morgan fingerprint density at radius 3 is 2.29 bits per heavy atom. The van der Waals surface area contributed by atoms with Gasteiger partial charge in [0.1, 0.15) is 0 Å². The van der Waals surface area contributed by atoms with Crippen LogP contribution in [0.25, 0.3) is 0 Å². The molecule has 1 N–H and O–H groups in total. The SMILES string of the molecule is CC(C)Cc1ccc(C(C)C(=O)NCCCN(C)C)cc1. The minimum Gasteiger partial charge on any atom is -0.356 e. The zero-order chi connectivity index (χ0) is 15.8. The van der Waals surface area contributed by atoms with E-state index in [1.54, 1.807) is 0 Å². The van der Waals surface area contributed by atoms with Crippen LogP contribution in [0.3, 0.4) is 0 Å². The molecule has 0 spiro atoms. The van der Waals surface area contributed by atoms with Gasteiger partial charge in [-0.05, 0) is 57.5 Å². The lowest BCUT2D eigenvalue weighted by Crippen LogP contribution is -2.30. The summed E-state index contributed by atoms with van der Waals surface area (Å²) in [6.45, 7) is 8.15. The molecular weight excluding hydrogens is 260 g/mol. The minimum atomic E-state index is -0.0857.